The van der Waals surface area contributed by atoms with Crippen molar-refractivity contribution in [3.05, 3.63) is 92.0 Å². The summed E-state index contributed by atoms with van der Waals surface area (Å²) in [6.45, 7) is 10.7. The van der Waals surface area contributed by atoms with Crippen LogP contribution in [0.4, 0.5) is 0 Å². The van der Waals surface area contributed by atoms with Gasteiger partial charge in [0.1, 0.15) is 23.3 Å². The summed E-state index contributed by atoms with van der Waals surface area (Å²) in [5.41, 5.74) is 8.52. The van der Waals surface area contributed by atoms with Crippen molar-refractivity contribution in [1.29, 1.82) is 0 Å². The van der Waals surface area contributed by atoms with Gasteiger partial charge in [-0.05, 0) is 111 Å². The number of likely N-dealkylation sites (tertiary alicyclic amines) is 2. The zero-order valence-electron chi connectivity index (χ0n) is 28.3. The molecule has 6 rings (SSSR count). The number of rotatable bonds is 13. The van der Waals surface area contributed by atoms with Gasteiger partial charge in [0, 0.05) is 24.2 Å². The average molecular weight is 692 g/mol. The Morgan fingerprint density at radius 2 is 0.979 bits per heavy atom. The van der Waals surface area contributed by atoms with E-state index in [1.807, 2.05) is 12.1 Å². The maximum atomic E-state index is 6.66. The number of aromatic nitrogens is 2. The first-order valence-corrected chi connectivity index (χ1v) is 17.4. The molecule has 8 nitrogen and oxygen atoms in total. The maximum Gasteiger partial charge on any atom is 0.236 e. The second-order valence-corrected chi connectivity index (χ2v) is 13.4. The number of hydrogen-bond donors (Lipinski definition) is 0. The standard InChI is InChI=1S/C38H44Cl2N4O4/c1-25-27(23-47-37-33(39)19-29(35(41-37)45-3)21-43-15-5-6-16-43)11-9-13-31(25)32-14-10-12-28(26(32)2)24-48-38-34(40)20-30(36(42-38)46-4)22-44-17-7-8-18-44/h9-14,19-20H,5-8,15-18,21-24H2,1-4H3. The van der Waals surface area contributed by atoms with Crippen LogP contribution in [-0.4, -0.2) is 60.2 Å². The van der Waals surface area contributed by atoms with Gasteiger partial charge in [0.05, 0.1) is 14.2 Å². The summed E-state index contributed by atoms with van der Waals surface area (Å²) in [6, 6.07) is 16.4. The van der Waals surface area contributed by atoms with Crippen molar-refractivity contribution >= 4 is 23.2 Å². The lowest BCUT2D eigenvalue weighted by Gasteiger charge is -2.19. The number of methoxy groups -OCH3 is 2. The molecule has 2 aromatic heterocycles. The second kappa shape index (κ2) is 15.8. The Bertz CT molecular complexity index is 1610. The molecule has 0 amide bonds. The van der Waals surface area contributed by atoms with Crippen LogP contribution < -0.4 is 18.9 Å². The van der Waals surface area contributed by atoms with Crippen molar-refractivity contribution in [2.45, 2.75) is 65.8 Å². The topological polar surface area (TPSA) is 69.2 Å². The summed E-state index contributed by atoms with van der Waals surface area (Å²) in [7, 11) is 3.27. The van der Waals surface area contributed by atoms with Crippen molar-refractivity contribution < 1.29 is 18.9 Å². The fraction of sp³-hybridized carbons (Fsp3) is 0.421. The molecule has 0 spiro atoms. The Kier molecular flexibility index (Phi) is 11.3. The highest BCUT2D eigenvalue weighted by Gasteiger charge is 2.20. The first kappa shape index (κ1) is 34.3. The van der Waals surface area contributed by atoms with Gasteiger partial charge in [-0.1, -0.05) is 59.6 Å². The predicted octanol–water partition coefficient (Wildman–Crippen LogP) is 8.43. The average Bonchev–Trinajstić information content (AvgIpc) is 3.80. The van der Waals surface area contributed by atoms with E-state index in [-0.39, 0.29) is 0 Å². The lowest BCUT2D eigenvalue weighted by molar-refractivity contribution is 0.281. The van der Waals surface area contributed by atoms with E-state index in [1.54, 1.807) is 14.2 Å². The molecular weight excluding hydrogens is 647 g/mol. The smallest absolute Gasteiger partial charge is 0.236 e. The van der Waals surface area contributed by atoms with Crippen LogP contribution in [0.25, 0.3) is 11.1 Å². The lowest BCUT2D eigenvalue weighted by Crippen LogP contribution is -2.19. The van der Waals surface area contributed by atoms with E-state index in [0.29, 0.717) is 46.8 Å². The maximum absolute atomic E-state index is 6.66. The number of ether oxygens (including phenoxy) is 4. The van der Waals surface area contributed by atoms with Crippen LogP contribution in [-0.2, 0) is 26.3 Å². The van der Waals surface area contributed by atoms with Gasteiger partial charge in [-0.15, -0.1) is 0 Å². The van der Waals surface area contributed by atoms with E-state index in [1.165, 1.54) is 25.7 Å². The highest BCUT2D eigenvalue weighted by atomic mass is 35.5. The Labute approximate surface area is 293 Å². The molecule has 0 radical (unpaired) electrons. The Balaban J connectivity index is 1.16. The molecule has 48 heavy (non-hydrogen) atoms. The van der Waals surface area contributed by atoms with Crippen molar-refractivity contribution in [2.24, 2.45) is 0 Å². The van der Waals surface area contributed by atoms with Crippen molar-refractivity contribution in [2.75, 3.05) is 40.4 Å². The number of hydrogen-bond acceptors (Lipinski definition) is 8. The normalized spacial score (nSPS) is 15.2. The van der Waals surface area contributed by atoms with E-state index in [0.717, 1.165) is 83.8 Å². The summed E-state index contributed by atoms with van der Waals surface area (Å²) in [6.07, 6.45) is 4.87. The third-order valence-corrected chi connectivity index (χ3v) is 9.99. The van der Waals surface area contributed by atoms with Crippen LogP contribution in [0.5, 0.6) is 23.5 Å². The number of nitrogens with zero attached hydrogens (tertiary/aromatic N) is 4. The Morgan fingerprint density at radius 1 is 0.583 bits per heavy atom. The molecule has 10 heteroatoms. The summed E-state index contributed by atoms with van der Waals surface area (Å²) < 4.78 is 23.6. The monoisotopic (exact) mass is 690 g/mol. The number of pyridine rings is 2. The summed E-state index contributed by atoms with van der Waals surface area (Å²) >= 11 is 13.3. The number of benzene rings is 2. The van der Waals surface area contributed by atoms with Gasteiger partial charge in [-0.2, -0.15) is 9.97 Å². The first-order valence-electron chi connectivity index (χ1n) is 16.7. The van der Waals surface area contributed by atoms with Crippen LogP contribution in [0.15, 0.2) is 48.5 Å². The molecule has 2 aliphatic rings. The zero-order chi connectivity index (χ0) is 33.6. The first-order chi connectivity index (χ1) is 23.3. The van der Waals surface area contributed by atoms with Crippen LogP contribution in [0, 0.1) is 13.8 Å². The van der Waals surface area contributed by atoms with Crippen LogP contribution >= 0.6 is 23.2 Å². The summed E-state index contributed by atoms with van der Waals surface area (Å²) in [5, 5.41) is 0.964. The summed E-state index contributed by atoms with van der Waals surface area (Å²) in [5.74, 6) is 1.84. The van der Waals surface area contributed by atoms with Crippen molar-refractivity contribution in [1.82, 2.24) is 19.8 Å². The van der Waals surface area contributed by atoms with Crippen LogP contribution in [0.1, 0.15) is 59.1 Å². The van der Waals surface area contributed by atoms with Gasteiger partial charge in [0.15, 0.2) is 0 Å². The van der Waals surface area contributed by atoms with E-state index >= 15 is 0 Å². The Morgan fingerprint density at radius 3 is 1.35 bits per heavy atom. The lowest BCUT2D eigenvalue weighted by atomic mass is 9.92. The van der Waals surface area contributed by atoms with Gasteiger partial charge in [-0.25, -0.2) is 0 Å². The molecule has 0 bridgehead atoms. The third kappa shape index (κ3) is 7.84. The molecule has 2 saturated heterocycles. The van der Waals surface area contributed by atoms with Crippen molar-refractivity contribution in [3.63, 3.8) is 0 Å². The molecule has 254 valence electrons. The fourth-order valence-corrected chi connectivity index (χ4v) is 7.15. The minimum Gasteiger partial charge on any atom is -0.481 e. The van der Waals surface area contributed by atoms with E-state index in [2.05, 4.69) is 70.0 Å². The quantitative estimate of drug-likeness (QED) is 0.138. The van der Waals surface area contributed by atoms with Gasteiger partial charge in [0.2, 0.25) is 23.5 Å². The van der Waals surface area contributed by atoms with E-state index in [9.17, 15) is 0 Å². The largest absolute Gasteiger partial charge is 0.481 e. The molecule has 4 aromatic rings. The van der Waals surface area contributed by atoms with Gasteiger partial charge < -0.3 is 18.9 Å². The molecule has 2 aliphatic heterocycles. The predicted molar refractivity (Wildman–Crippen MR) is 191 cm³/mol. The van der Waals surface area contributed by atoms with Crippen molar-refractivity contribution in [3.8, 4) is 34.6 Å². The third-order valence-electron chi connectivity index (χ3n) is 9.45. The number of halogens is 2. The molecular formula is C38H44Cl2N4O4. The highest BCUT2D eigenvalue weighted by molar-refractivity contribution is 6.32. The van der Waals surface area contributed by atoms with Crippen LogP contribution in [0.2, 0.25) is 10.0 Å². The minimum absolute atomic E-state index is 0.322. The minimum atomic E-state index is 0.322. The molecule has 2 aromatic carbocycles. The van der Waals surface area contributed by atoms with Gasteiger partial charge in [-0.3, -0.25) is 9.80 Å². The molecule has 0 N–H and O–H groups in total. The molecule has 2 fully saturated rings. The molecule has 0 aliphatic carbocycles. The van der Waals surface area contributed by atoms with E-state index in [4.69, 9.17) is 42.1 Å². The molecule has 0 unspecified atom stereocenters. The Hall–Kier alpha value is -3.56. The molecule has 0 saturated carbocycles. The zero-order valence-corrected chi connectivity index (χ0v) is 29.8. The fourth-order valence-electron chi connectivity index (χ4n) is 6.69. The molecule has 4 heterocycles. The molecule has 0 atom stereocenters. The highest BCUT2D eigenvalue weighted by Crippen LogP contribution is 2.35. The van der Waals surface area contributed by atoms with Gasteiger partial charge in [0.25, 0.3) is 0 Å². The van der Waals surface area contributed by atoms with Crippen LogP contribution in [0.3, 0.4) is 0 Å². The van der Waals surface area contributed by atoms with E-state index < -0.39 is 0 Å². The second-order valence-electron chi connectivity index (χ2n) is 12.6. The SMILES string of the molecule is COc1nc(OCc2cccc(-c3cccc(COc4nc(OC)c(CN5CCCC5)cc4Cl)c3C)c2C)c(Cl)cc1CN1CCCC1. The van der Waals surface area contributed by atoms with Gasteiger partial charge >= 0.3 is 0 Å². The summed E-state index contributed by atoms with van der Waals surface area (Å²) in [4.78, 5) is 14.1.